The molecule has 2 amide bonds. The lowest BCUT2D eigenvalue weighted by atomic mass is 10.2. The predicted octanol–water partition coefficient (Wildman–Crippen LogP) is -0.546. The number of primary amides is 1. The fourth-order valence-electron chi connectivity index (χ4n) is 1.20. The molecule has 0 bridgehead atoms. The first-order valence-corrected chi connectivity index (χ1v) is 5.39. The molecule has 7 heteroatoms. The largest absolute Gasteiger partial charge is 0.497 e. The highest BCUT2D eigenvalue weighted by Crippen LogP contribution is 2.13. The van der Waals surface area contributed by atoms with Crippen molar-refractivity contribution in [3.8, 4) is 5.75 Å². The Labute approximate surface area is 109 Å². The highest BCUT2D eigenvalue weighted by atomic mass is 16.5. The molecule has 0 saturated carbocycles. The van der Waals surface area contributed by atoms with Crippen molar-refractivity contribution in [2.75, 3.05) is 20.3 Å². The van der Waals surface area contributed by atoms with Crippen LogP contribution in [0, 0.1) is 0 Å². The lowest BCUT2D eigenvalue weighted by molar-refractivity contribution is -0.127. The number of rotatable bonds is 6. The van der Waals surface area contributed by atoms with Crippen molar-refractivity contribution in [3.05, 3.63) is 29.8 Å². The van der Waals surface area contributed by atoms with Gasteiger partial charge in [-0.3, -0.25) is 9.59 Å². The van der Waals surface area contributed by atoms with Gasteiger partial charge < -0.3 is 20.5 Å². The van der Waals surface area contributed by atoms with Crippen LogP contribution in [0.2, 0.25) is 0 Å². The van der Waals surface area contributed by atoms with Crippen molar-refractivity contribution >= 4 is 17.8 Å². The third kappa shape index (κ3) is 5.07. The Hall–Kier alpha value is -2.57. The summed E-state index contributed by atoms with van der Waals surface area (Å²) in [6, 6.07) is 6.33. The number of carbonyl (C=O) groups is 3. The van der Waals surface area contributed by atoms with Crippen molar-refractivity contribution in [1.29, 1.82) is 0 Å². The number of carbonyl (C=O) groups excluding carboxylic acids is 3. The van der Waals surface area contributed by atoms with Gasteiger partial charge >= 0.3 is 5.97 Å². The van der Waals surface area contributed by atoms with Gasteiger partial charge in [-0.1, -0.05) is 6.07 Å². The molecule has 1 aromatic carbocycles. The summed E-state index contributed by atoms with van der Waals surface area (Å²) < 4.78 is 9.72. The van der Waals surface area contributed by atoms with Gasteiger partial charge in [0.05, 0.1) is 19.2 Å². The van der Waals surface area contributed by atoms with Gasteiger partial charge in [0, 0.05) is 0 Å². The van der Waals surface area contributed by atoms with E-state index in [-0.39, 0.29) is 12.1 Å². The average Bonchev–Trinajstić information content (AvgIpc) is 2.42. The van der Waals surface area contributed by atoms with Crippen molar-refractivity contribution in [1.82, 2.24) is 5.32 Å². The summed E-state index contributed by atoms with van der Waals surface area (Å²) in [5.74, 6) is -1.43. The Bertz CT molecular complexity index is 487. The second-order valence-corrected chi connectivity index (χ2v) is 3.55. The molecular formula is C12H14N2O5. The first-order chi connectivity index (χ1) is 9.02. The van der Waals surface area contributed by atoms with Gasteiger partial charge in [0.25, 0.3) is 5.91 Å². The van der Waals surface area contributed by atoms with Gasteiger partial charge in [0.1, 0.15) is 5.75 Å². The van der Waals surface area contributed by atoms with E-state index in [4.69, 9.17) is 15.2 Å². The first kappa shape index (κ1) is 14.5. The van der Waals surface area contributed by atoms with Gasteiger partial charge in [0.2, 0.25) is 5.91 Å². The number of ether oxygens (including phenoxy) is 2. The van der Waals surface area contributed by atoms with Crippen LogP contribution in [-0.4, -0.2) is 38.0 Å². The third-order valence-corrected chi connectivity index (χ3v) is 2.10. The fourth-order valence-corrected chi connectivity index (χ4v) is 1.20. The minimum atomic E-state index is -0.674. The molecule has 0 fully saturated rings. The molecule has 0 radical (unpaired) electrons. The van der Waals surface area contributed by atoms with Crippen LogP contribution in [0.4, 0.5) is 0 Å². The molecule has 0 heterocycles. The lowest BCUT2D eigenvalue weighted by Crippen LogP contribution is -2.35. The molecule has 0 saturated heterocycles. The smallest absolute Gasteiger partial charge is 0.338 e. The lowest BCUT2D eigenvalue weighted by Gasteiger charge is -2.06. The summed E-state index contributed by atoms with van der Waals surface area (Å²) in [6.45, 7) is -0.779. The molecule has 7 nitrogen and oxygen atoms in total. The Morgan fingerprint density at radius 2 is 2.05 bits per heavy atom. The van der Waals surface area contributed by atoms with E-state index >= 15 is 0 Å². The molecule has 3 N–H and O–H groups in total. The normalized spacial score (nSPS) is 9.53. The summed E-state index contributed by atoms with van der Waals surface area (Å²) >= 11 is 0. The molecule has 0 atom stereocenters. The van der Waals surface area contributed by atoms with Crippen LogP contribution in [0.25, 0.3) is 0 Å². The van der Waals surface area contributed by atoms with E-state index in [0.29, 0.717) is 5.75 Å². The number of amides is 2. The maximum absolute atomic E-state index is 11.6. The van der Waals surface area contributed by atoms with Crippen molar-refractivity contribution in [2.45, 2.75) is 0 Å². The average molecular weight is 266 g/mol. The number of esters is 1. The Morgan fingerprint density at radius 3 is 2.68 bits per heavy atom. The molecule has 0 aliphatic heterocycles. The van der Waals surface area contributed by atoms with Crippen molar-refractivity contribution in [3.63, 3.8) is 0 Å². The second-order valence-electron chi connectivity index (χ2n) is 3.55. The quantitative estimate of drug-likeness (QED) is 0.672. The van der Waals surface area contributed by atoms with Gasteiger partial charge in [0.15, 0.2) is 6.61 Å². The summed E-state index contributed by atoms with van der Waals surface area (Å²) in [4.78, 5) is 33.2. The number of nitrogens with two attached hydrogens (primary N) is 1. The van der Waals surface area contributed by atoms with Crippen LogP contribution in [0.15, 0.2) is 24.3 Å². The van der Waals surface area contributed by atoms with E-state index in [1.807, 2.05) is 0 Å². The number of benzene rings is 1. The molecule has 0 aliphatic rings. The van der Waals surface area contributed by atoms with Gasteiger partial charge in [-0.05, 0) is 18.2 Å². The number of methoxy groups -OCH3 is 1. The van der Waals surface area contributed by atoms with Crippen LogP contribution < -0.4 is 15.8 Å². The number of hydrogen-bond donors (Lipinski definition) is 2. The maximum atomic E-state index is 11.6. The zero-order valence-corrected chi connectivity index (χ0v) is 10.3. The van der Waals surface area contributed by atoms with Crippen LogP contribution in [0.3, 0.4) is 0 Å². The molecule has 1 rings (SSSR count). The van der Waals surface area contributed by atoms with Gasteiger partial charge in [-0.25, -0.2) is 4.79 Å². The Kier molecular flexibility index (Phi) is 5.34. The highest BCUT2D eigenvalue weighted by molar-refractivity contribution is 5.92. The predicted molar refractivity (Wildman–Crippen MR) is 65.5 cm³/mol. The van der Waals surface area contributed by atoms with Crippen molar-refractivity contribution < 1.29 is 23.9 Å². The van der Waals surface area contributed by atoms with E-state index in [9.17, 15) is 14.4 Å². The summed E-state index contributed by atoms with van der Waals surface area (Å²) in [7, 11) is 1.47. The fraction of sp³-hybridized carbons (Fsp3) is 0.250. The topological polar surface area (TPSA) is 108 Å². The van der Waals surface area contributed by atoms with Crippen LogP contribution in [-0.2, 0) is 14.3 Å². The van der Waals surface area contributed by atoms with E-state index < -0.39 is 24.4 Å². The summed E-state index contributed by atoms with van der Waals surface area (Å²) in [5.41, 5.74) is 5.11. The molecule has 1 aromatic rings. The summed E-state index contributed by atoms with van der Waals surface area (Å²) in [5, 5.41) is 2.20. The van der Waals surface area contributed by atoms with Gasteiger partial charge in [-0.15, -0.1) is 0 Å². The van der Waals surface area contributed by atoms with E-state index in [2.05, 4.69) is 5.32 Å². The van der Waals surface area contributed by atoms with Crippen LogP contribution in [0.5, 0.6) is 5.75 Å². The zero-order valence-electron chi connectivity index (χ0n) is 10.3. The first-order valence-electron chi connectivity index (χ1n) is 5.39. The summed E-state index contributed by atoms with van der Waals surface area (Å²) in [6.07, 6.45) is 0. The number of hydrogen-bond acceptors (Lipinski definition) is 5. The SMILES string of the molecule is COc1cccc(C(=O)OCC(=O)NCC(N)=O)c1. The van der Waals surface area contributed by atoms with E-state index in [1.54, 1.807) is 12.1 Å². The molecule has 102 valence electrons. The minimum absolute atomic E-state index is 0.266. The second kappa shape index (κ2) is 7.00. The molecular weight excluding hydrogens is 252 g/mol. The highest BCUT2D eigenvalue weighted by Gasteiger charge is 2.11. The molecule has 0 unspecified atom stereocenters. The molecule has 0 aromatic heterocycles. The van der Waals surface area contributed by atoms with Gasteiger partial charge in [-0.2, -0.15) is 0 Å². The minimum Gasteiger partial charge on any atom is -0.497 e. The zero-order chi connectivity index (χ0) is 14.3. The van der Waals surface area contributed by atoms with Crippen LogP contribution in [0.1, 0.15) is 10.4 Å². The van der Waals surface area contributed by atoms with Crippen molar-refractivity contribution in [2.24, 2.45) is 5.73 Å². The monoisotopic (exact) mass is 266 g/mol. The Morgan fingerprint density at radius 1 is 1.32 bits per heavy atom. The third-order valence-electron chi connectivity index (χ3n) is 2.10. The molecule has 19 heavy (non-hydrogen) atoms. The Balaban J connectivity index is 2.46. The van der Waals surface area contributed by atoms with E-state index in [1.165, 1.54) is 19.2 Å². The van der Waals surface area contributed by atoms with Crippen LogP contribution >= 0.6 is 0 Å². The molecule has 0 spiro atoms. The number of nitrogens with one attached hydrogen (secondary N) is 1. The van der Waals surface area contributed by atoms with E-state index in [0.717, 1.165) is 0 Å². The molecule has 0 aliphatic carbocycles. The maximum Gasteiger partial charge on any atom is 0.338 e. The standard InChI is InChI=1S/C12H14N2O5/c1-18-9-4-2-3-8(5-9)12(17)19-7-11(16)14-6-10(13)15/h2-5H,6-7H2,1H3,(H2,13,15)(H,14,16).